The molecule has 0 aliphatic heterocycles. The second-order valence-corrected chi connectivity index (χ2v) is 5.70. The van der Waals surface area contributed by atoms with Gasteiger partial charge in [0.2, 0.25) is 0 Å². The Labute approximate surface area is 103 Å². The van der Waals surface area contributed by atoms with Gasteiger partial charge in [-0.1, -0.05) is 20.8 Å². The minimum atomic E-state index is 0.0641. The van der Waals surface area contributed by atoms with Crippen LogP contribution >= 0.6 is 0 Å². The lowest BCUT2D eigenvalue weighted by Crippen LogP contribution is -2.18. The van der Waals surface area contributed by atoms with Crippen molar-refractivity contribution in [1.82, 2.24) is 0 Å². The number of hydrogen-bond donors (Lipinski definition) is 0. The summed E-state index contributed by atoms with van der Waals surface area (Å²) >= 11 is 0. The van der Waals surface area contributed by atoms with E-state index in [0.717, 1.165) is 23.0 Å². The molecule has 0 spiro atoms. The predicted molar refractivity (Wildman–Crippen MR) is 68.2 cm³/mol. The van der Waals surface area contributed by atoms with Crippen molar-refractivity contribution >= 4 is 0 Å². The fourth-order valence-corrected chi connectivity index (χ4v) is 2.21. The van der Waals surface area contributed by atoms with Crippen molar-refractivity contribution in [2.45, 2.75) is 40.5 Å². The van der Waals surface area contributed by atoms with Crippen molar-refractivity contribution < 1.29 is 8.83 Å². The SMILES string of the molecule is Cc1ccc(C(c2ccc(C)o2)C(C)(C)C)o1. The van der Waals surface area contributed by atoms with Gasteiger partial charge in [-0.15, -0.1) is 0 Å². The number of hydrogen-bond acceptors (Lipinski definition) is 2. The molecule has 92 valence electrons. The zero-order chi connectivity index (χ0) is 12.6. The highest BCUT2D eigenvalue weighted by molar-refractivity contribution is 5.24. The highest BCUT2D eigenvalue weighted by Gasteiger charge is 2.32. The van der Waals surface area contributed by atoms with Gasteiger partial charge >= 0.3 is 0 Å². The lowest BCUT2D eigenvalue weighted by atomic mass is 9.78. The summed E-state index contributed by atoms with van der Waals surface area (Å²) < 4.78 is 11.6. The Balaban J connectivity index is 2.46. The van der Waals surface area contributed by atoms with Crippen molar-refractivity contribution in [3.8, 4) is 0 Å². The summed E-state index contributed by atoms with van der Waals surface area (Å²) in [5, 5.41) is 0. The number of furan rings is 2. The van der Waals surface area contributed by atoms with Gasteiger partial charge in [0.1, 0.15) is 23.0 Å². The molecule has 0 aliphatic carbocycles. The summed E-state index contributed by atoms with van der Waals surface area (Å²) in [5.74, 6) is 3.99. The van der Waals surface area contributed by atoms with Crippen LogP contribution in [0.15, 0.2) is 33.1 Å². The Hall–Kier alpha value is -1.44. The highest BCUT2D eigenvalue weighted by Crippen LogP contribution is 2.41. The van der Waals surface area contributed by atoms with Gasteiger partial charge < -0.3 is 8.83 Å². The molecule has 2 rings (SSSR count). The minimum absolute atomic E-state index is 0.0641. The van der Waals surface area contributed by atoms with Crippen molar-refractivity contribution in [3.05, 3.63) is 47.3 Å². The Morgan fingerprint density at radius 1 is 0.824 bits per heavy atom. The first kappa shape index (κ1) is 12.0. The molecule has 2 aromatic rings. The Bertz CT molecular complexity index is 457. The first-order chi connectivity index (χ1) is 7.88. The van der Waals surface area contributed by atoms with Crippen molar-refractivity contribution in [2.75, 3.05) is 0 Å². The van der Waals surface area contributed by atoms with Crippen LogP contribution in [0.5, 0.6) is 0 Å². The number of rotatable bonds is 2. The van der Waals surface area contributed by atoms with Crippen LogP contribution < -0.4 is 0 Å². The summed E-state index contributed by atoms with van der Waals surface area (Å²) in [4.78, 5) is 0. The zero-order valence-electron chi connectivity index (χ0n) is 11.2. The smallest absolute Gasteiger partial charge is 0.115 e. The third-order valence-electron chi connectivity index (χ3n) is 2.96. The van der Waals surface area contributed by atoms with E-state index in [4.69, 9.17) is 8.83 Å². The van der Waals surface area contributed by atoms with E-state index in [1.165, 1.54) is 0 Å². The number of aryl methyl sites for hydroxylation is 2. The van der Waals surface area contributed by atoms with Crippen LogP contribution in [-0.4, -0.2) is 0 Å². The maximum atomic E-state index is 5.78. The van der Waals surface area contributed by atoms with Gasteiger partial charge in [-0.2, -0.15) is 0 Å². The molecule has 0 aliphatic rings. The Morgan fingerprint density at radius 3 is 1.47 bits per heavy atom. The third-order valence-corrected chi connectivity index (χ3v) is 2.96. The molecule has 0 fully saturated rings. The van der Waals surface area contributed by atoms with Gasteiger partial charge in [0.25, 0.3) is 0 Å². The lowest BCUT2D eigenvalue weighted by molar-refractivity contribution is 0.274. The van der Waals surface area contributed by atoms with Gasteiger partial charge in [0.15, 0.2) is 0 Å². The largest absolute Gasteiger partial charge is 0.466 e. The van der Waals surface area contributed by atoms with Crippen molar-refractivity contribution in [3.63, 3.8) is 0 Å². The summed E-state index contributed by atoms with van der Waals surface area (Å²) in [6, 6.07) is 8.10. The van der Waals surface area contributed by atoms with Gasteiger partial charge in [-0.05, 0) is 43.5 Å². The molecule has 0 bridgehead atoms. The van der Waals surface area contributed by atoms with Crippen LogP contribution in [0.3, 0.4) is 0 Å². The van der Waals surface area contributed by atoms with Gasteiger partial charge in [-0.25, -0.2) is 0 Å². The van der Waals surface area contributed by atoms with E-state index in [2.05, 4.69) is 20.8 Å². The highest BCUT2D eigenvalue weighted by atomic mass is 16.4. The first-order valence-corrected chi connectivity index (χ1v) is 6.00. The van der Waals surface area contributed by atoms with Gasteiger partial charge in [0, 0.05) is 0 Å². The van der Waals surface area contributed by atoms with Gasteiger partial charge in [0.05, 0.1) is 5.92 Å². The van der Waals surface area contributed by atoms with E-state index in [0.29, 0.717) is 0 Å². The molecule has 0 atom stereocenters. The summed E-state index contributed by atoms with van der Waals surface area (Å²) in [5.41, 5.74) is 0.0641. The van der Waals surface area contributed by atoms with Crippen LogP contribution in [0.1, 0.15) is 49.7 Å². The molecule has 0 N–H and O–H groups in total. The van der Waals surface area contributed by atoms with E-state index >= 15 is 0 Å². The normalized spacial score (nSPS) is 12.4. The Morgan fingerprint density at radius 2 is 1.24 bits per heavy atom. The molecule has 0 radical (unpaired) electrons. The maximum Gasteiger partial charge on any atom is 0.115 e. The fourth-order valence-electron chi connectivity index (χ4n) is 2.21. The molecule has 17 heavy (non-hydrogen) atoms. The van der Waals surface area contributed by atoms with Gasteiger partial charge in [-0.3, -0.25) is 0 Å². The standard InChI is InChI=1S/C15H20O2/c1-10-6-8-12(16-10)14(15(3,4)5)13-9-7-11(2)17-13/h6-9,14H,1-5H3. The van der Waals surface area contributed by atoms with Crippen LogP contribution in [-0.2, 0) is 0 Å². The molecule has 0 aromatic carbocycles. The topological polar surface area (TPSA) is 26.3 Å². The molecule has 2 heteroatoms. The average Bonchev–Trinajstić information content (AvgIpc) is 2.75. The van der Waals surface area contributed by atoms with Crippen LogP contribution in [0.25, 0.3) is 0 Å². The molecule has 0 saturated carbocycles. The van der Waals surface area contributed by atoms with E-state index in [9.17, 15) is 0 Å². The van der Waals surface area contributed by atoms with Crippen LogP contribution in [0, 0.1) is 19.3 Å². The third kappa shape index (κ3) is 2.46. The van der Waals surface area contributed by atoms with Crippen LogP contribution in [0.4, 0.5) is 0 Å². The quantitative estimate of drug-likeness (QED) is 0.752. The second kappa shape index (κ2) is 4.10. The molecule has 0 unspecified atom stereocenters. The van der Waals surface area contributed by atoms with E-state index < -0.39 is 0 Å². The molecule has 0 saturated heterocycles. The summed E-state index contributed by atoms with van der Waals surface area (Å²) in [7, 11) is 0. The predicted octanol–water partition coefficient (Wildman–Crippen LogP) is 4.67. The fraction of sp³-hybridized carbons (Fsp3) is 0.467. The molecular formula is C15H20O2. The van der Waals surface area contributed by atoms with E-state index in [1.54, 1.807) is 0 Å². The monoisotopic (exact) mass is 232 g/mol. The molecule has 2 heterocycles. The first-order valence-electron chi connectivity index (χ1n) is 6.00. The van der Waals surface area contributed by atoms with E-state index in [1.807, 2.05) is 38.1 Å². The minimum Gasteiger partial charge on any atom is -0.466 e. The second-order valence-electron chi connectivity index (χ2n) is 5.70. The van der Waals surface area contributed by atoms with Crippen molar-refractivity contribution in [2.24, 2.45) is 5.41 Å². The molecular weight excluding hydrogens is 212 g/mol. The van der Waals surface area contributed by atoms with Crippen LogP contribution in [0.2, 0.25) is 0 Å². The molecule has 2 nitrogen and oxygen atoms in total. The average molecular weight is 232 g/mol. The van der Waals surface area contributed by atoms with E-state index in [-0.39, 0.29) is 11.3 Å². The van der Waals surface area contributed by atoms with Crippen molar-refractivity contribution in [1.29, 1.82) is 0 Å². The lowest BCUT2D eigenvalue weighted by Gasteiger charge is -2.27. The molecule has 2 aromatic heterocycles. The summed E-state index contributed by atoms with van der Waals surface area (Å²) in [6.07, 6.45) is 0. The maximum absolute atomic E-state index is 5.78. The summed E-state index contributed by atoms with van der Waals surface area (Å²) in [6.45, 7) is 10.5. The molecule has 0 amide bonds. The Kier molecular flexibility index (Phi) is 2.90. The zero-order valence-corrected chi connectivity index (χ0v) is 11.2.